The Morgan fingerprint density at radius 3 is 2.61 bits per heavy atom. The molecule has 0 spiro atoms. The summed E-state index contributed by atoms with van der Waals surface area (Å²) in [7, 11) is 1.38. The molecule has 0 saturated carbocycles. The highest BCUT2D eigenvalue weighted by molar-refractivity contribution is 5.94. The zero-order valence-electron chi connectivity index (χ0n) is 15.5. The van der Waals surface area contributed by atoms with E-state index >= 15 is 0 Å². The first-order valence-corrected chi connectivity index (χ1v) is 8.45. The smallest absolute Gasteiger partial charge is 0.271 e. The molecule has 1 N–H and O–H groups in total. The van der Waals surface area contributed by atoms with E-state index < -0.39 is 17.4 Å². The van der Waals surface area contributed by atoms with Gasteiger partial charge in [0.1, 0.15) is 17.2 Å². The molecular formula is C19H20N2O7. The van der Waals surface area contributed by atoms with Crippen LogP contribution in [0.5, 0.6) is 17.2 Å². The van der Waals surface area contributed by atoms with Crippen molar-refractivity contribution in [3.63, 3.8) is 0 Å². The van der Waals surface area contributed by atoms with Gasteiger partial charge in [-0.25, -0.2) is 0 Å². The molecule has 0 aliphatic heterocycles. The standard InChI is InChI=1S/C19H20N2O7/c1-3-8-27-15-6-4-13(11-22)18(10-15)28-12-19(23)20-16-9-14(21(24)25)5-7-17(16)26-2/h4-7,9-11H,3,8,12H2,1-2H3,(H,20,23). The lowest BCUT2D eigenvalue weighted by Gasteiger charge is -2.12. The number of anilines is 1. The number of benzene rings is 2. The summed E-state index contributed by atoms with van der Waals surface area (Å²) in [5, 5.41) is 13.4. The van der Waals surface area contributed by atoms with Gasteiger partial charge < -0.3 is 19.5 Å². The number of nitrogens with one attached hydrogen (secondary N) is 1. The lowest BCUT2D eigenvalue weighted by atomic mass is 10.2. The number of methoxy groups -OCH3 is 1. The van der Waals surface area contributed by atoms with Gasteiger partial charge in [0, 0.05) is 18.2 Å². The van der Waals surface area contributed by atoms with Crippen molar-refractivity contribution in [1.82, 2.24) is 0 Å². The lowest BCUT2D eigenvalue weighted by molar-refractivity contribution is -0.384. The molecule has 148 valence electrons. The molecule has 1 amide bonds. The van der Waals surface area contributed by atoms with Crippen LogP contribution >= 0.6 is 0 Å². The van der Waals surface area contributed by atoms with Crippen LogP contribution in [-0.4, -0.2) is 37.4 Å². The normalized spacial score (nSPS) is 10.1. The maximum atomic E-state index is 12.2. The number of ether oxygens (including phenoxy) is 3. The third-order valence-corrected chi connectivity index (χ3v) is 3.61. The third-order valence-electron chi connectivity index (χ3n) is 3.61. The molecule has 0 fully saturated rings. The molecule has 2 aromatic rings. The maximum absolute atomic E-state index is 12.2. The number of nitrogens with zero attached hydrogens (tertiary/aromatic N) is 1. The van der Waals surface area contributed by atoms with Crippen molar-refractivity contribution in [3.05, 3.63) is 52.1 Å². The minimum atomic E-state index is -0.580. The highest BCUT2D eigenvalue weighted by Crippen LogP contribution is 2.29. The van der Waals surface area contributed by atoms with Crippen molar-refractivity contribution < 1.29 is 28.7 Å². The Labute approximate surface area is 161 Å². The Kier molecular flexibility index (Phi) is 7.32. The van der Waals surface area contributed by atoms with Gasteiger partial charge in [-0.05, 0) is 24.6 Å². The van der Waals surface area contributed by atoms with Gasteiger partial charge in [-0.15, -0.1) is 0 Å². The molecule has 2 rings (SSSR count). The van der Waals surface area contributed by atoms with Gasteiger partial charge in [0.2, 0.25) is 0 Å². The second kappa shape index (κ2) is 9.91. The van der Waals surface area contributed by atoms with Crippen LogP contribution in [0.1, 0.15) is 23.7 Å². The Morgan fingerprint density at radius 2 is 1.96 bits per heavy atom. The maximum Gasteiger partial charge on any atom is 0.271 e. The summed E-state index contributed by atoms with van der Waals surface area (Å²) in [5.41, 5.74) is 0.214. The molecule has 0 aromatic heterocycles. The summed E-state index contributed by atoms with van der Waals surface area (Å²) in [4.78, 5) is 33.7. The average molecular weight is 388 g/mol. The number of carbonyl (C=O) groups is 2. The first-order chi connectivity index (χ1) is 13.5. The number of amides is 1. The van der Waals surface area contributed by atoms with E-state index in [0.29, 0.717) is 18.6 Å². The zero-order valence-corrected chi connectivity index (χ0v) is 15.5. The fourth-order valence-corrected chi connectivity index (χ4v) is 2.28. The summed E-state index contributed by atoms with van der Waals surface area (Å²) >= 11 is 0. The topological polar surface area (TPSA) is 117 Å². The monoisotopic (exact) mass is 388 g/mol. The fraction of sp³-hybridized carbons (Fsp3) is 0.263. The Hall–Kier alpha value is -3.62. The van der Waals surface area contributed by atoms with Crippen LogP contribution in [0.3, 0.4) is 0 Å². The number of nitro benzene ring substituents is 1. The van der Waals surface area contributed by atoms with Crippen molar-refractivity contribution in [2.45, 2.75) is 13.3 Å². The van der Waals surface area contributed by atoms with Gasteiger partial charge in [0.25, 0.3) is 11.6 Å². The number of hydrogen-bond donors (Lipinski definition) is 1. The first kappa shape index (κ1) is 20.7. The molecule has 0 unspecified atom stereocenters. The predicted octanol–water partition coefficient (Wildman–Crippen LogP) is 3.22. The highest BCUT2D eigenvalue weighted by atomic mass is 16.6. The number of aldehydes is 1. The largest absolute Gasteiger partial charge is 0.495 e. The van der Waals surface area contributed by atoms with Gasteiger partial charge in [0.15, 0.2) is 12.9 Å². The Balaban J connectivity index is 2.09. The van der Waals surface area contributed by atoms with Crippen LogP contribution in [-0.2, 0) is 4.79 Å². The molecule has 0 radical (unpaired) electrons. The molecule has 9 heteroatoms. The van der Waals surface area contributed by atoms with Gasteiger partial charge in [0.05, 0.1) is 29.9 Å². The molecule has 0 bridgehead atoms. The van der Waals surface area contributed by atoms with Crippen LogP contribution in [0, 0.1) is 10.1 Å². The van der Waals surface area contributed by atoms with Gasteiger partial charge in [-0.2, -0.15) is 0 Å². The van der Waals surface area contributed by atoms with Crippen LogP contribution in [0.15, 0.2) is 36.4 Å². The van der Waals surface area contributed by atoms with Crippen molar-refractivity contribution >= 4 is 23.6 Å². The SMILES string of the molecule is CCCOc1ccc(C=O)c(OCC(=O)Nc2cc([N+](=O)[O-])ccc2OC)c1. The van der Waals surface area contributed by atoms with Gasteiger partial charge in [-0.3, -0.25) is 19.7 Å². The summed E-state index contributed by atoms with van der Waals surface area (Å²) in [6.45, 7) is 2.06. The average Bonchev–Trinajstić information content (AvgIpc) is 2.70. The van der Waals surface area contributed by atoms with Crippen LogP contribution in [0.4, 0.5) is 11.4 Å². The molecule has 2 aromatic carbocycles. The molecule has 0 heterocycles. The molecule has 0 aliphatic rings. The van der Waals surface area contributed by atoms with E-state index in [1.165, 1.54) is 37.4 Å². The zero-order chi connectivity index (χ0) is 20.5. The van der Waals surface area contributed by atoms with E-state index in [0.717, 1.165) is 6.42 Å². The van der Waals surface area contributed by atoms with Crippen LogP contribution < -0.4 is 19.5 Å². The van der Waals surface area contributed by atoms with Crippen molar-refractivity contribution in [2.75, 3.05) is 25.6 Å². The van der Waals surface area contributed by atoms with Crippen LogP contribution in [0.2, 0.25) is 0 Å². The minimum absolute atomic E-state index is 0.140. The second-order valence-electron chi connectivity index (χ2n) is 5.64. The van der Waals surface area contributed by atoms with Crippen molar-refractivity contribution in [2.24, 2.45) is 0 Å². The summed E-state index contributed by atoms with van der Waals surface area (Å²) < 4.78 is 16.0. The van der Waals surface area contributed by atoms with Crippen molar-refractivity contribution in [3.8, 4) is 17.2 Å². The van der Waals surface area contributed by atoms with Gasteiger partial charge >= 0.3 is 0 Å². The number of non-ortho nitro benzene ring substituents is 1. The van der Waals surface area contributed by atoms with E-state index in [2.05, 4.69) is 5.32 Å². The van der Waals surface area contributed by atoms with Gasteiger partial charge in [-0.1, -0.05) is 6.92 Å². The lowest BCUT2D eigenvalue weighted by Crippen LogP contribution is -2.21. The van der Waals surface area contributed by atoms with E-state index in [9.17, 15) is 19.7 Å². The summed E-state index contributed by atoms with van der Waals surface area (Å²) in [6.07, 6.45) is 1.43. The summed E-state index contributed by atoms with van der Waals surface area (Å²) in [5.74, 6) is 0.408. The quantitative estimate of drug-likeness (QED) is 0.377. The number of rotatable bonds is 10. The number of hydrogen-bond acceptors (Lipinski definition) is 7. The number of carbonyl (C=O) groups excluding carboxylic acids is 2. The Morgan fingerprint density at radius 1 is 1.18 bits per heavy atom. The van der Waals surface area contributed by atoms with E-state index in [1.807, 2.05) is 6.92 Å². The van der Waals surface area contributed by atoms with E-state index in [4.69, 9.17) is 14.2 Å². The fourth-order valence-electron chi connectivity index (χ4n) is 2.28. The molecule has 0 aliphatic carbocycles. The molecule has 0 saturated heterocycles. The van der Waals surface area contributed by atoms with E-state index in [-0.39, 0.29) is 28.4 Å². The summed E-state index contributed by atoms with van der Waals surface area (Å²) in [6, 6.07) is 8.54. The molecular weight excluding hydrogens is 368 g/mol. The molecule has 28 heavy (non-hydrogen) atoms. The first-order valence-electron chi connectivity index (χ1n) is 8.45. The van der Waals surface area contributed by atoms with Crippen molar-refractivity contribution in [1.29, 1.82) is 0 Å². The minimum Gasteiger partial charge on any atom is -0.495 e. The molecule has 9 nitrogen and oxygen atoms in total. The number of nitro groups is 1. The van der Waals surface area contributed by atoms with E-state index in [1.54, 1.807) is 6.07 Å². The molecule has 0 atom stereocenters. The second-order valence-corrected chi connectivity index (χ2v) is 5.64. The van der Waals surface area contributed by atoms with Crippen LogP contribution in [0.25, 0.3) is 0 Å². The third kappa shape index (κ3) is 5.44. The Bertz CT molecular complexity index is 867. The predicted molar refractivity (Wildman–Crippen MR) is 101 cm³/mol. The highest BCUT2D eigenvalue weighted by Gasteiger charge is 2.15.